The highest BCUT2D eigenvalue weighted by atomic mass is 16.2. The molecular formula is C21H25N3O2. The largest absolute Gasteiger partial charge is 0.356 e. The van der Waals surface area contributed by atoms with E-state index < -0.39 is 0 Å². The number of aromatic nitrogens is 1. The van der Waals surface area contributed by atoms with E-state index in [-0.39, 0.29) is 17.2 Å². The molecule has 2 aliphatic rings. The molecule has 0 radical (unpaired) electrons. The predicted molar refractivity (Wildman–Crippen MR) is 100 cm³/mol. The second-order valence-corrected chi connectivity index (χ2v) is 7.57. The van der Waals surface area contributed by atoms with Crippen molar-refractivity contribution in [1.82, 2.24) is 14.8 Å². The van der Waals surface area contributed by atoms with Crippen molar-refractivity contribution >= 4 is 11.8 Å². The molecule has 26 heavy (non-hydrogen) atoms. The second kappa shape index (κ2) is 6.31. The zero-order valence-corrected chi connectivity index (χ0v) is 15.4. The lowest BCUT2D eigenvalue weighted by molar-refractivity contribution is -0.132. The van der Waals surface area contributed by atoms with Gasteiger partial charge in [-0.15, -0.1) is 0 Å². The quantitative estimate of drug-likeness (QED) is 0.904. The molecule has 5 nitrogen and oxygen atoms in total. The summed E-state index contributed by atoms with van der Waals surface area (Å²) >= 11 is 0. The van der Waals surface area contributed by atoms with Crippen molar-refractivity contribution in [2.24, 2.45) is 5.41 Å². The molecule has 4 rings (SSSR count). The van der Waals surface area contributed by atoms with Crippen LogP contribution in [0.4, 0.5) is 0 Å². The Morgan fingerprint density at radius 2 is 1.92 bits per heavy atom. The number of para-hydroxylation sites is 1. The Balaban J connectivity index is 1.61. The van der Waals surface area contributed by atoms with Crippen molar-refractivity contribution in [3.63, 3.8) is 0 Å². The zero-order valence-electron chi connectivity index (χ0n) is 15.4. The molecule has 0 saturated carbocycles. The van der Waals surface area contributed by atoms with Gasteiger partial charge in [0.05, 0.1) is 11.0 Å². The fourth-order valence-corrected chi connectivity index (χ4v) is 4.49. The number of benzene rings is 1. The number of hydrogen-bond donors (Lipinski definition) is 1. The first-order valence-electron chi connectivity index (χ1n) is 9.34. The molecule has 1 aromatic carbocycles. The maximum absolute atomic E-state index is 13.2. The zero-order chi connectivity index (χ0) is 18.3. The van der Waals surface area contributed by atoms with E-state index in [9.17, 15) is 9.59 Å². The number of hydrogen-bond acceptors (Lipinski definition) is 2. The summed E-state index contributed by atoms with van der Waals surface area (Å²) in [4.78, 5) is 27.4. The van der Waals surface area contributed by atoms with Gasteiger partial charge in [0, 0.05) is 36.7 Å². The molecule has 2 aromatic rings. The maximum atomic E-state index is 13.2. The third-order valence-electron chi connectivity index (χ3n) is 5.92. The summed E-state index contributed by atoms with van der Waals surface area (Å²) in [6.45, 7) is 5.96. The average Bonchev–Trinajstić information content (AvgIpc) is 3.20. The molecule has 1 atom stereocenters. The molecule has 0 aliphatic carbocycles. The van der Waals surface area contributed by atoms with Crippen molar-refractivity contribution < 1.29 is 9.59 Å². The van der Waals surface area contributed by atoms with Crippen molar-refractivity contribution in [3.8, 4) is 5.69 Å². The normalized spacial score (nSPS) is 22.7. The number of carbonyl (C=O) groups excluding carboxylic acids is 2. The number of aryl methyl sites for hydroxylation is 1. The summed E-state index contributed by atoms with van der Waals surface area (Å²) < 4.78 is 2.12. The first-order valence-corrected chi connectivity index (χ1v) is 9.34. The maximum Gasteiger partial charge on any atom is 0.255 e. The number of rotatable bonds is 2. The van der Waals surface area contributed by atoms with Crippen LogP contribution in [-0.4, -0.2) is 40.9 Å². The van der Waals surface area contributed by atoms with Crippen LogP contribution in [0.25, 0.3) is 5.69 Å². The van der Waals surface area contributed by atoms with E-state index in [1.54, 1.807) is 0 Å². The first kappa shape index (κ1) is 16.9. The van der Waals surface area contributed by atoms with Gasteiger partial charge < -0.3 is 14.8 Å². The molecule has 1 unspecified atom stereocenters. The van der Waals surface area contributed by atoms with E-state index in [0.29, 0.717) is 13.1 Å². The summed E-state index contributed by atoms with van der Waals surface area (Å²) in [5, 5.41) is 2.98. The van der Waals surface area contributed by atoms with Crippen LogP contribution in [0.3, 0.4) is 0 Å². The van der Waals surface area contributed by atoms with E-state index in [1.165, 1.54) is 0 Å². The molecular weight excluding hydrogens is 326 g/mol. The van der Waals surface area contributed by atoms with Crippen molar-refractivity contribution in [3.05, 3.63) is 53.3 Å². The SMILES string of the molecule is Cc1cc(C(=O)N2CCC3(CCCNC3=O)C2)c(C)n1-c1ccccc1. The fourth-order valence-electron chi connectivity index (χ4n) is 4.49. The van der Waals surface area contributed by atoms with Crippen molar-refractivity contribution in [1.29, 1.82) is 0 Å². The lowest BCUT2D eigenvalue weighted by atomic mass is 9.79. The van der Waals surface area contributed by atoms with E-state index in [0.717, 1.165) is 48.4 Å². The molecule has 2 amide bonds. The van der Waals surface area contributed by atoms with Crippen LogP contribution < -0.4 is 5.32 Å². The third kappa shape index (κ3) is 2.62. The molecule has 1 aromatic heterocycles. The summed E-state index contributed by atoms with van der Waals surface area (Å²) in [7, 11) is 0. The number of nitrogens with one attached hydrogen (secondary N) is 1. The monoisotopic (exact) mass is 351 g/mol. The van der Waals surface area contributed by atoms with Gasteiger partial charge in [-0.1, -0.05) is 18.2 Å². The third-order valence-corrected chi connectivity index (χ3v) is 5.92. The van der Waals surface area contributed by atoms with Gasteiger partial charge in [-0.25, -0.2) is 0 Å². The van der Waals surface area contributed by atoms with Crippen LogP contribution in [0, 0.1) is 19.3 Å². The van der Waals surface area contributed by atoms with E-state index in [4.69, 9.17) is 0 Å². The van der Waals surface area contributed by atoms with Crippen LogP contribution in [0.2, 0.25) is 0 Å². The fraction of sp³-hybridized carbons (Fsp3) is 0.429. The number of amides is 2. The highest BCUT2D eigenvalue weighted by Gasteiger charge is 2.47. The summed E-state index contributed by atoms with van der Waals surface area (Å²) in [5.74, 6) is 0.157. The Labute approximate surface area is 154 Å². The minimum atomic E-state index is -0.376. The Hall–Kier alpha value is -2.56. The number of likely N-dealkylation sites (tertiary alicyclic amines) is 1. The minimum absolute atomic E-state index is 0.0375. The molecule has 0 bridgehead atoms. The highest BCUT2D eigenvalue weighted by Crippen LogP contribution is 2.38. The van der Waals surface area contributed by atoms with Gasteiger partial charge in [0.25, 0.3) is 5.91 Å². The van der Waals surface area contributed by atoms with Gasteiger partial charge in [-0.3, -0.25) is 9.59 Å². The van der Waals surface area contributed by atoms with Crippen LogP contribution in [-0.2, 0) is 4.79 Å². The van der Waals surface area contributed by atoms with E-state index in [2.05, 4.69) is 9.88 Å². The molecule has 5 heteroatoms. The van der Waals surface area contributed by atoms with Crippen molar-refractivity contribution in [2.45, 2.75) is 33.1 Å². The lowest BCUT2D eigenvalue weighted by Gasteiger charge is -2.32. The average molecular weight is 351 g/mol. The van der Waals surface area contributed by atoms with Gasteiger partial charge in [0.2, 0.25) is 5.91 Å². The highest BCUT2D eigenvalue weighted by molar-refractivity contribution is 5.97. The minimum Gasteiger partial charge on any atom is -0.356 e. The van der Waals surface area contributed by atoms with Crippen LogP contribution >= 0.6 is 0 Å². The first-order chi connectivity index (χ1) is 12.5. The van der Waals surface area contributed by atoms with Gasteiger partial charge in [0.15, 0.2) is 0 Å². The van der Waals surface area contributed by atoms with Gasteiger partial charge >= 0.3 is 0 Å². The van der Waals surface area contributed by atoms with E-state index in [1.807, 2.05) is 55.1 Å². The summed E-state index contributed by atoms with van der Waals surface area (Å²) in [5.41, 5.74) is 3.42. The summed E-state index contributed by atoms with van der Waals surface area (Å²) in [6, 6.07) is 12.1. The Morgan fingerprint density at radius 3 is 2.65 bits per heavy atom. The number of piperidine rings is 1. The Kier molecular flexibility index (Phi) is 4.10. The Bertz CT molecular complexity index is 856. The Morgan fingerprint density at radius 1 is 1.15 bits per heavy atom. The smallest absolute Gasteiger partial charge is 0.255 e. The predicted octanol–water partition coefficient (Wildman–Crippen LogP) is 2.84. The molecule has 1 spiro atoms. The van der Waals surface area contributed by atoms with Gasteiger partial charge in [-0.05, 0) is 51.3 Å². The lowest BCUT2D eigenvalue weighted by Crippen LogP contribution is -2.47. The topological polar surface area (TPSA) is 54.3 Å². The summed E-state index contributed by atoms with van der Waals surface area (Å²) in [6.07, 6.45) is 2.64. The van der Waals surface area contributed by atoms with Crippen LogP contribution in [0.5, 0.6) is 0 Å². The standard InChI is InChI=1S/C21H25N3O2/c1-15-13-18(16(2)24(15)17-7-4-3-5-8-17)19(25)23-12-10-21(14-23)9-6-11-22-20(21)26/h3-5,7-8,13H,6,9-12,14H2,1-2H3,(H,22,26). The number of nitrogens with zero attached hydrogens (tertiary/aromatic N) is 2. The molecule has 2 aliphatic heterocycles. The molecule has 136 valence electrons. The van der Waals surface area contributed by atoms with Crippen LogP contribution in [0.15, 0.2) is 36.4 Å². The van der Waals surface area contributed by atoms with Crippen LogP contribution in [0.1, 0.15) is 41.0 Å². The molecule has 2 fully saturated rings. The molecule has 2 saturated heterocycles. The number of carbonyl (C=O) groups is 2. The van der Waals surface area contributed by atoms with Gasteiger partial charge in [0.1, 0.15) is 0 Å². The van der Waals surface area contributed by atoms with Gasteiger partial charge in [-0.2, -0.15) is 0 Å². The molecule has 1 N–H and O–H groups in total. The molecule has 3 heterocycles. The van der Waals surface area contributed by atoms with E-state index >= 15 is 0 Å². The second-order valence-electron chi connectivity index (χ2n) is 7.57. The van der Waals surface area contributed by atoms with Crippen molar-refractivity contribution in [2.75, 3.05) is 19.6 Å².